The highest BCUT2D eigenvalue weighted by Crippen LogP contribution is 2.10. The van der Waals surface area contributed by atoms with Crippen LogP contribution in [0.1, 0.15) is 85.3 Å². The minimum Gasteiger partial charge on any atom is -0.480 e. The number of carboxylic acid groups (broad SMARTS) is 1. The van der Waals surface area contributed by atoms with E-state index in [0.29, 0.717) is 31.5 Å². The lowest BCUT2D eigenvalue weighted by Gasteiger charge is -2.27. The molecule has 0 aliphatic rings. The van der Waals surface area contributed by atoms with E-state index in [1.165, 1.54) is 19.4 Å². The van der Waals surface area contributed by atoms with E-state index >= 15 is 0 Å². The van der Waals surface area contributed by atoms with Gasteiger partial charge < -0.3 is 70.0 Å². The second-order valence-electron chi connectivity index (χ2n) is 14.9. The summed E-state index contributed by atoms with van der Waals surface area (Å²) in [5, 5.41) is 34.9. The van der Waals surface area contributed by atoms with Gasteiger partial charge in [-0.2, -0.15) is 0 Å². The molecule has 0 unspecified atom stereocenters. The van der Waals surface area contributed by atoms with Crippen LogP contribution >= 0.6 is 0 Å². The normalized spacial score (nSPS) is 14.8. The molecule has 0 radical (unpaired) electrons. The smallest absolute Gasteiger partial charge is 0.326 e. The van der Waals surface area contributed by atoms with Gasteiger partial charge >= 0.3 is 5.97 Å². The topological polar surface area (TPSA) is 377 Å². The quantitative estimate of drug-likeness (QED) is 0.0222. The molecule has 22 heteroatoms. The van der Waals surface area contributed by atoms with E-state index in [1.54, 1.807) is 13.8 Å². The molecule has 1 aromatic rings. The molecular weight excluding hydrogens is 758 g/mol. The number of nitrogens with two attached hydrogens (primary N) is 4. The second kappa shape index (κ2) is 26.5. The molecule has 17 N–H and O–H groups in total. The number of guanidine groups is 1. The summed E-state index contributed by atoms with van der Waals surface area (Å²) in [5.74, 6) is -6.18. The van der Waals surface area contributed by atoms with Gasteiger partial charge in [0.15, 0.2) is 5.96 Å². The fourth-order valence-electron chi connectivity index (χ4n) is 5.63. The third-order valence-electron chi connectivity index (χ3n) is 8.72. The van der Waals surface area contributed by atoms with Crippen LogP contribution in [0.4, 0.5) is 0 Å². The molecule has 1 aromatic heterocycles. The predicted octanol–water partition coefficient (Wildman–Crippen LogP) is -3.44. The molecule has 1 heterocycles. The van der Waals surface area contributed by atoms with Crippen molar-refractivity contribution in [2.75, 3.05) is 19.7 Å². The third-order valence-corrected chi connectivity index (χ3v) is 8.72. The van der Waals surface area contributed by atoms with Crippen LogP contribution in [-0.4, -0.2) is 130 Å². The Morgan fingerprint density at radius 3 is 1.79 bits per heavy atom. The first-order valence-corrected chi connectivity index (χ1v) is 19.4. The molecule has 58 heavy (non-hydrogen) atoms. The summed E-state index contributed by atoms with van der Waals surface area (Å²) in [5.41, 5.74) is 22.7. The van der Waals surface area contributed by atoms with Crippen LogP contribution in [-0.2, 0) is 40.0 Å². The van der Waals surface area contributed by atoms with Crippen molar-refractivity contribution in [3.05, 3.63) is 18.2 Å². The van der Waals surface area contributed by atoms with E-state index in [1.807, 2.05) is 13.8 Å². The molecule has 6 amide bonds. The Morgan fingerprint density at radius 1 is 0.707 bits per heavy atom. The van der Waals surface area contributed by atoms with Gasteiger partial charge in [-0.15, -0.1) is 0 Å². The lowest BCUT2D eigenvalue weighted by molar-refractivity contribution is -0.142. The number of H-pyrrole nitrogens is 1. The van der Waals surface area contributed by atoms with Crippen LogP contribution in [0.3, 0.4) is 0 Å². The largest absolute Gasteiger partial charge is 0.480 e. The van der Waals surface area contributed by atoms with Gasteiger partial charge in [-0.05, 0) is 70.3 Å². The second-order valence-corrected chi connectivity index (χ2v) is 14.9. The molecule has 328 valence electrons. The van der Waals surface area contributed by atoms with Crippen molar-refractivity contribution in [2.45, 2.75) is 128 Å². The standard InChI is InChI=1S/C36H65N13O9/c1-19(2)13-23(38)30(52)44-21(5)29(51)49-28(17-50)34(56)48-27(15-22-16-41-18-43-22)33(55)47-26(14-20(3)4)32(54)45-24(10-8-12-42-36(39)40)31(53)46-25(35(57)58)9-6-7-11-37/h16,18-21,23-28,50H,6-15,17,37-38H2,1-5H3,(H,41,43)(H,44,52)(H,45,54)(H,46,53)(H,47,55)(H,48,56)(H,49,51)(H,57,58)(H4,39,40,42)/t21-,23-,24-,25-,26-,27-,28-/m0/s1. The first kappa shape index (κ1) is 50.7. The number of aliphatic hydroxyl groups is 1. The van der Waals surface area contributed by atoms with Crippen LogP contribution in [0, 0.1) is 11.8 Å². The number of hydrogen-bond donors (Lipinski definition) is 13. The molecule has 0 saturated heterocycles. The van der Waals surface area contributed by atoms with Gasteiger partial charge in [-0.3, -0.25) is 33.8 Å². The van der Waals surface area contributed by atoms with Crippen LogP contribution in [0.25, 0.3) is 0 Å². The number of amides is 6. The number of aromatic nitrogens is 2. The highest BCUT2D eigenvalue weighted by molar-refractivity contribution is 5.97. The zero-order valence-electron chi connectivity index (χ0n) is 34.1. The maximum absolute atomic E-state index is 13.9. The number of imidazole rings is 1. The maximum Gasteiger partial charge on any atom is 0.326 e. The van der Waals surface area contributed by atoms with E-state index in [4.69, 9.17) is 22.9 Å². The fourth-order valence-corrected chi connectivity index (χ4v) is 5.63. The van der Waals surface area contributed by atoms with Gasteiger partial charge in [0, 0.05) is 24.9 Å². The van der Waals surface area contributed by atoms with Crippen molar-refractivity contribution in [3.63, 3.8) is 0 Å². The van der Waals surface area contributed by atoms with E-state index < -0.39 is 90.3 Å². The summed E-state index contributed by atoms with van der Waals surface area (Å²) in [6, 6.07) is -8.68. The summed E-state index contributed by atoms with van der Waals surface area (Å²) >= 11 is 0. The first-order chi connectivity index (χ1) is 27.3. The van der Waals surface area contributed by atoms with Crippen molar-refractivity contribution < 1.29 is 43.8 Å². The highest BCUT2D eigenvalue weighted by atomic mass is 16.4. The lowest BCUT2D eigenvalue weighted by atomic mass is 10.0. The Balaban J connectivity index is 3.27. The Hall–Kier alpha value is -5.35. The van der Waals surface area contributed by atoms with Crippen molar-refractivity contribution in [2.24, 2.45) is 39.8 Å². The van der Waals surface area contributed by atoms with Crippen LogP contribution in [0.2, 0.25) is 0 Å². The number of aliphatic imine (C=N–C) groups is 1. The van der Waals surface area contributed by atoms with Gasteiger partial charge in [-0.1, -0.05) is 27.7 Å². The number of nitrogens with one attached hydrogen (secondary N) is 7. The van der Waals surface area contributed by atoms with Crippen LogP contribution in [0.5, 0.6) is 0 Å². The number of aliphatic hydroxyl groups excluding tert-OH is 1. The maximum atomic E-state index is 13.9. The predicted molar refractivity (Wildman–Crippen MR) is 214 cm³/mol. The molecule has 0 spiro atoms. The molecule has 7 atom stereocenters. The van der Waals surface area contributed by atoms with Crippen molar-refractivity contribution in [1.29, 1.82) is 0 Å². The van der Waals surface area contributed by atoms with E-state index in [9.17, 15) is 43.8 Å². The Morgan fingerprint density at radius 2 is 1.24 bits per heavy atom. The lowest BCUT2D eigenvalue weighted by Crippen LogP contribution is -2.60. The summed E-state index contributed by atoms with van der Waals surface area (Å²) < 4.78 is 0. The van der Waals surface area contributed by atoms with Crippen molar-refractivity contribution >= 4 is 47.4 Å². The molecule has 0 aromatic carbocycles. The number of carbonyl (C=O) groups excluding carboxylic acids is 6. The molecule has 0 fully saturated rings. The number of unbranched alkanes of at least 4 members (excludes halogenated alkanes) is 1. The molecule has 0 bridgehead atoms. The number of aliphatic carboxylic acids is 1. The number of rotatable bonds is 28. The molecule has 0 aliphatic carbocycles. The van der Waals surface area contributed by atoms with E-state index in [2.05, 4.69) is 46.9 Å². The fraction of sp³-hybridized carbons (Fsp3) is 0.694. The Bertz CT molecular complexity index is 1500. The minimum atomic E-state index is -1.55. The SMILES string of the molecule is CC(C)C[C@H](NC(=O)[C@H](Cc1cnc[nH]1)NC(=O)[C@H](CO)NC(=O)[C@H](C)NC(=O)[C@@H](N)CC(C)C)C(=O)N[C@@H](CCCN=C(N)N)C(=O)N[C@@H](CCCCN)C(=O)O. The molecule has 0 aliphatic heterocycles. The molecule has 1 rings (SSSR count). The summed E-state index contributed by atoms with van der Waals surface area (Å²) in [7, 11) is 0. The minimum absolute atomic E-state index is 0.00561. The van der Waals surface area contributed by atoms with Gasteiger partial charge in [0.25, 0.3) is 0 Å². The molecule has 0 saturated carbocycles. The first-order valence-electron chi connectivity index (χ1n) is 19.4. The number of carbonyl (C=O) groups is 7. The number of carboxylic acids is 1. The Labute approximate surface area is 338 Å². The van der Waals surface area contributed by atoms with Crippen molar-refractivity contribution in [3.8, 4) is 0 Å². The van der Waals surface area contributed by atoms with Crippen LogP contribution in [0.15, 0.2) is 17.5 Å². The third kappa shape index (κ3) is 19.7. The number of hydrogen-bond acceptors (Lipinski definition) is 12. The van der Waals surface area contributed by atoms with Gasteiger partial charge in [0.2, 0.25) is 35.4 Å². The average molecular weight is 824 g/mol. The van der Waals surface area contributed by atoms with E-state index in [0.717, 1.165) is 0 Å². The summed E-state index contributed by atoms with van der Waals surface area (Å²) in [6.07, 6.45) is 4.38. The van der Waals surface area contributed by atoms with Crippen molar-refractivity contribution in [1.82, 2.24) is 41.9 Å². The van der Waals surface area contributed by atoms with Gasteiger partial charge in [0.1, 0.15) is 36.3 Å². The average Bonchev–Trinajstić information content (AvgIpc) is 3.66. The van der Waals surface area contributed by atoms with Gasteiger partial charge in [0.05, 0.1) is 19.0 Å². The molecular formula is C36H65N13O9. The highest BCUT2D eigenvalue weighted by Gasteiger charge is 2.33. The zero-order valence-corrected chi connectivity index (χ0v) is 34.1. The van der Waals surface area contributed by atoms with E-state index in [-0.39, 0.29) is 56.4 Å². The zero-order chi connectivity index (χ0) is 43.9. The Kier molecular flexibility index (Phi) is 23.2. The summed E-state index contributed by atoms with van der Waals surface area (Å²) in [6.45, 7) is 8.32. The number of nitrogens with zero attached hydrogens (tertiary/aromatic N) is 2. The van der Waals surface area contributed by atoms with Gasteiger partial charge in [-0.25, -0.2) is 9.78 Å². The monoisotopic (exact) mass is 824 g/mol. The summed E-state index contributed by atoms with van der Waals surface area (Å²) in [4.78, 5) is 103. The molecule has 22 nitrogen and oxygen atoms in total. The van der Waals surface area contributed by atoms with Crippen LogP contribution < -0.4 is 54.8 Å². The number of aromatic amines is 1.